The molecule has 0 aromatic heterocycles. The number of fused-ring (bicyclic) bond motifs is 2. The molecule has 0 bridgehead atoms. The highest BCUT2D eigenvalue weighted by Gasteiger charge is 2.60. The zero-order valence-electron chi connectivity index (χ0n) is 14.4. The lowest BCUT2D eigenvalue weighted by molar-refractivity contribution is -0.134. The van der Waals surface area contributed by atoms with Crippen molar-refractivity contribution in [3.63, 3.8) is 0 Å². The number of benzene rings is 2. The predicted molar refractivity (Wildman–Crippen MR) is 95.8 cm³/mol. The molecule has 4 heteroatoms. The van der Waals surface area contributed by atoms with Crippen molar-refractivity contribution in [2.45, 2.75) is 38.3 Å². The second-order valence-electron chi connectivity index (χ2n) is 6.83. The van der Waals surface area contributed by atoms with Gasteiger partial charge in [-0.15, -0.1) is 0 Å². The van der Waals surface area contributed by atoms with Crippen LogP contribution < -0.4 is 0 Å². The Balaban J connectivity index is 1.77. The van der Waals surface area contributed by atoms with Crippen molar-refractivity contribution in [2.24, 2.45) is 0 Å². The van der Waals surface area contributed by atoms with E-state index >= 15 is 0 Å². The van der Waals surface area contributed by atoms with Crippen molar-refractivity contribution in [3.05, 3.63) is 71.3 Å². The van der Waals surface area contributed by atoms with Gasteiger partial charge in [0.1, 0.15) is 5.54 Å². The topological polar surface area (TPSA) is 40.6 Å². The zero-order valence-corrected chi connectivity index (χ0v) is 14.4. The van der Waals surface area contributed by atoms with Crippen molar-refractivity contribution in [2.75, 3.05) is 6.54 Å². The van der Waals surface area contributed by atoms with Crippen LogP contribution in [0.3, 0.4) is 0 Å². The second-order valence-corrected chi connectivity index (χ2v) is 6.83. The number of nitrogens with zero attached hydrogens (tertiary/aromatic N) is 2. The van der Waals surface area contributed by atoms with Crippen molar-refractivity contribution in [1.29, 1.82) is 0 Å². The Morgan fingerprint density at radius 1 is 1.00 bits per heavy atom. The van der Waals surface area contributed by atoms with E-state index in [0.29, 0.717) is 19.5 Å². The Morgan fingerprint density at radius 2 is 1.72 bits per heavy atom. The molecule has 1 atom stereocenters. The molecule has 4 rings (SSSR count). The van der Waals surface area contributed by atoms with Crippen LogP contribution in [0.4, 0.5) is 4.79 Å². The largest absolute Gasteiger partial charge is 0.328 e. The van der Waals surface area contributed by atoms with Gasteiger partial charge in [0.15, 0.2) is 0 Å². The van der Waals surface area contributed by atoms with Gasteiger partial charge >= 0.3 is 6.03 Å². The second kappa shape index (κ2) is 6.03. The Morgan fingerprint density at radius 3 is 2.48 bits per heavy atom. The Bertz CT molecular complexity index is 818. The monoisotopic (exact) mass is 334 g/mol. The van der Waals surface area contributed by atoms with Gasteiger partial charge < -0.3 is 4.90 Å². The highest BCUT2D eigenvalue weighted by molar-refractivity contribution is 6.08. The highest BCUT2D eigenvalue weighted by Crippen LogP contribution is 2.47. The normalized spacial score (nSPS) is 22.1. The molecule has 0 radical (unpaired) electrons. The zero-order chi connectivity index (χ0) is 17.4. The van der Waals surface area contributed by atoms with Crippen molar-refractivity contribution in [3.8, 4) is 0 Å². The van der Waals surface area contributed by atoms with E-state index in [1.165, 1.54) is 10.5 Å². The summed E-state index contributed by atoms with van der Waals surface area (Å²) in [5.74, 6) is -0.0697. The first-order valence-electron chi connectivity index (χ1n) is 8.94. The summed E-state index contributed by atoms with van der Waals surface area (Å²) in [6.45, 7) is 2.99. The van der Waals surface area contributed by atoms with Crippen molar-refractivity contribution in [1.82, 2.24) is 9.80 Å². The van der Waals surface area contributed by atoms with E-state index < -0.39 is 5.54 Å². The van der Waals surface area contributed by atoms with Crippen LogP contribution >= 0.6 is 0 Å². The molecule has 25 heavy (non-hydrogen) atoms. The minimum absolute atomic E-state index is 0.0697. The van der Waals surface area contributed by atoms with E-state index in [4.69, 9.17) is 0 Å². The lowest BCUT2D eigenvalue weighted by atomic mass is 9.90. The number of rotatable bonds is 4. The fourth-order valence-corrected chi connectivity index (χ4v) is 4.24. The molecule has 2 aromatic rings. The van der Waals surface area contributed by atoms with Gasteiger partial charge in [0.25, 0.3) is 5.91 Å². The maximum absolute atomic E-state index is 13.5. The molecule has 1 spiro atoms. The maximum Gasteiger partial charge on any atom is 0.328 e. The third-order valence-electron chi connectivity index (χ3n) is 5.37. The Hall–Kier alpha value is -2.62. The average molecular weight is 334 g/mol. The van der Waals surface area contributed by atoms with E-state index in [-0.39, 0.29) is 11.9 Å². The molecule has 1 heterocycles. The van der Waals surface area contributed by atoms with Crippen LogP contribution in [0.15, 0.2) is 54.6 Å². The first-order valence-corrected chi connectivity index (χ1v) is 8.94. The van der Waals surface area contributed by atoms with Crippen LogP contribution in [0.25, 0.3) is 0 Å². The summed E-state index contributed by atoms with van der Waals surface area (Å²) in [6, 6.07) is 17.6. The third-order valence-corrected chi connectivity index (χ3v) is 5.37. The van der Waals surface area contributed by atoms with E-state index in [0.717, 1.165) is 24.0 Å². The van der Waals surface area contributed by atoms with Gasteiger partial charge in [-0.2, -0.15) is 0 Å². The smallest absolute Gasteiger partial charge is 0.305 e. The van der Waals surface area contributed by atoms with Crippen LogP contribution in [0.5, 0.6) is 0 Å². The Labute approximate surface area is 148 Å². The Kier molecular flexibility index (Phi) is 3.83. The van der Waals surface area contributed by atoms with Crippen molar-refractivity contribution >= 4 is 11.9 Å². The highest BCUT2D eigenvalue weighted by atomic mass is 16.2. The molecule has 0 saturated carbocycles. The number of imide groups is 1. The van der Waals surface area contributed by atoms with Gasteiger partial charge in [-0.05, 0) is 36.0 Å². The molecular formula is C21H22N2O2. The molecule has 2 aromatic carbocycles. The lowest BCUT2D eigenvalue weighted by Gasteiger charge is -2.32. The number of hydrogen-bond acceptors (Lipinski definition) is 2. The van der Waals surface area contributed by atoms with Gasteiger partial charge in [-0.25, -0.2) is 4.79 Å². The molecule has 0 N–H and O–H groups in total. The SMILES string of the molecule is CCCN1C(=O)N(Cc2ccccc2)C(=O)C12CCc1ccccc12. The van der Waals surface area contributed by atoms with E-state index in [1.807, 2.05) is 60.4 Å². The molecule has 3 amide bonds. The number of aryl methyl sites for hydroxylation is 1. The number of amides is 3. The fraction of sp³-hybridized carbons (Fsp3) is 0.333. The maximum atomic E-state index is 13.5. The van der Waals surface area contributed by atoms with E-state index in [1.54, 1.807) is 0 Å². The summed E-state index contributed by atoms with van der Waals surface area (Å²) in [6.07, 6.45) is 2.36. The molecular weight excluding hydrogens is 312 g/mol. The molecule has 1 aliphatic carbocycles. The van der Waals surface area contributed by atoms with Crippen LogP contribution in [0.2, 0.25) is 0 Å². The number of carbonyl (C=O) groups excluding carboxylic acids is 2. The minimum atomic E-state index is -0.807. The summed E-state index contributed by atoms with van der Waals surface area (Å²) in [4.78, 5) is 29.8. The quantitative estimate of drug-likeness (QED) is 0.800. The summed E-state index contributed by atoms with van der Waals surface area (Å²) in [5, 5.41) is 0. The number of hydrogen-bond donors (Lipinski definition) is 0. The average Bonchev–Trinajstić information content (AvgIpc) is 3.12. The molecule has 1 unspecified atom stereocenters. The van der Waals surface area contributed by atoms with Crippen LogP contribution in [-0.4, -0.2) is 28.3 Å². The lowest BCUT2D eigenvalue weighted by Crippen LogP contribution is -2.45. The van der Waals surface area contributed by atoms with Crippen LogP contribution in [0.1, 0.15) is 36.5 Å². The van der Waals surface area contributed by atoms with Crippen molar-refractivity contribution < 1.29 is 9.59 Å². The summed E-state index contributed by atoms with van der Waals surface area (Å²) >= 11 is 0. The standard InChI is InChI=1S/C21H22N2O2/c1-2-14-23-20(25)22(15-16-8-4-3-5-9-16)19(24)21(23)13-12-17-10-6-7-11-18(17)21/h3-11H,2,12-15H2,1H3. The summed E-state index contributed by atoms with van der Waals surface area (Å²) < 4.78 is 0. The molecule has 2 aliphatic rings. The third kappa shape index (κ3) is 2.28. The molecule has 4 nitrogen and oxygen atoms in total. The number of urea groups is 1. The van der Waals surface area contributed by atoms with Gasteiger partial charge in [0.2, 0.25) is 0 Å². The minimum Gasteiger partial charge on any atom is -0.305 e. The molecule has 1 aliphatic heterocycles. The van der Waals surface area contributed by atoms with E-state index in [9.17, 15) is 9.59 Å². The van der Waals surface area contributed by atoms with Crippen LogP contribution in [0, 0.1) is 0 Å². The fourth-order valence-electron chi connectivity index (χ4n) is 4.24. The predicted octanol–water partition coefficient (Wildman–Crippen LogP) is 3.70. The van der Waals surface area contributed by atoms with Gasteiger partial charge in [-0.1, -0.05) is 61.5 Å². The van der Waals surface area contributed by atoms with Crippen LogP contribution in [-0.2, 0) is 23.3 Å². The van der Waals surface area contributed by atoms with Gasteiger partial charge in [0.05, 0.1) is 6.54 Å². The molecule has 1 saturated heterocycles. The number of carbonyl (C=O) groups is 2. The molecule has 1 fully saturated rings. The van der Waals surface area contributed by atoms with Gasteiger partial charge in [0, 0.05) is 6.54 Å². The van der Waals surface area contributed by atoms with E-state index in [2.05, 4.69) is 6.07 Å². The van der Waals surface area contributed by atoms with Gasteiger partial charge in [-0.3, -0.25) is 9.69 Å². The summed E-state index contributed by atoms with van der Waals surface area (Å²) in [5.41, 5.74) is 2.37. The first kappa shape index (κ1) is 15.9. The molecule has 128 valence electrons. The first-order chi connectivity index (χ1) is 12.2. The summed E-state index contributed by atoms with van der Waals surface area (Å²) in [7, 11) is 0.